The van der Waals surface area contributed by atoms with E-state index in [-0.39, 0.29) is 18.3 Å². The number of halogens is 2. The van der Waals surface area contributed by atoms with Crippen molar-refractivity contribution in [3.05, 3.63) is 34.9 Å². The molecule has 2 fully saturated rings. The maximum Gasteiger partial charge on any atom is 0.227 e. The number of rotatable bonds is 6. The Morgan fingerprint density at radius 2 is 1.95 bits per heavy atom. The van der Waals surface area contributed by atoms with E-state index < -0.39 is 0 Å². The lowest BCUT2D eigenvalue weighted by Crippen LogP contribution is -2.39. The summed E-state index contributed by atoms with van der Waals surface area (Å²) in [6, 6.07) is 7.95. The highest BCUT2D eigenvalue weighted by Gasteiger charge is 2.31. The summed E-state index contributed by atoms with van der Waals surface area (Å²) in [7, 11) is 0. The van der Waals surface area contributed by atoms with Gasteiger partial charge >= 0.3 is 0 Å². The standard InChI is InChI=1S/C17H23ClN2O.ClH/c18-16-5-3-13(4-6-16)8-10-20(12-14-1-2-14)17(21)15-7-9-19-11-15;/h3-6,14-15,19H,1-2,7-12H2;1H. The maximum absolute atomic E-state index is 12.6. The van der Waals surface area contributed by atoms with Crippen molar-refractivity contribution >= 4 is 29.9 Å². The van der Waals surface area contributed by atoms with Crippen molar-refractivity contribution in [2.75, 3.05) is 26.2 Å². The second-order valence-electron chi connectivity index (χ2n) is 6.29. The topological polar surface area (TPSA) is 32.3 Å². The van der Waals surface area contributed by atoms with Crippen LogP contribution >= 0.6 is 24.0 Å². The molecule has 1 aromatic rings. The molecule has 1 atom stereocenters. The van der Waals surface area contributed by atoms with Crippen LogP contribution in [0.1, 0.15) is 24.8 Å². The Hall–Kier alpha value is -0.770. The molecule has 5 heteroatoms. The number of nitrogens with one attached hydrogen (secondary N) is 1. The molecular formula is C17H24Cl2N2O. The molecule has 2 aliphatic rings. The third kappa shape index (κ3) is 4.87. The fraction of sp³-hybridized carbons (Fsp3) is 0.588. The Bertz CT molecular complexity index is 482. The molecule has 1 unspecified atom stereocenters. The largest absolute Gasteiger partial charge is 0.342 e. The number of carbonyl (C=O) groups is 1. The molecule has 1 aliphatic heterocycles. The highest BCUT2D eigenvalue weighted by atomic mass is 35.5. The number of hydrogen-bond donors (Lipinski definition) is 1. The van der Waals surface area contributed by atoms with Gasteiger partial charge in [-0.2, -0.15) is 0 Å². The molecule has 0 radical (unpaired) electrons. The first kappa shape index (κ1) is 17.6. The number of carbonyl (C=O) groups excluding carboxylic acids is 1. The summed E-state index contributed by atoms with van der Waals surface area (Å²) < 4.78 is 0. The van der Waals surface area contributed by atoms with Gasteiger partial charge in [-0.3, -0.25) is 4.79 Å². The van der Waals surface area contributed by atoms with E-state index in [0.717, 1.165) is 50.0 Å². The summed E-state index contributed by atoms with van der Waals surface area (Å²) in [6.07, 6.45) is 4.47. The summed E-state index contributed by atoms with van der Waals surface area (Å²) in [6.45, 7) is 3.60. The number of amides is 1. The van der Waals surface area contributed by atoms with Crippen LogP contribution in [-0.4, -0.2) is 37.0 Å². The Labute approximate surface area is 143 Å². The van der Waals surface area contributed by atoms with Gasteiger partial charge in [-0.15, -0.1) is 12.4 Å². The van der Waals surface area contributed by atoms with E-state index in [1.165, 1.54) is 18.4 Å². The van der Waals surface area contributed by atoms with Crippen LogP contribution in [-0.2, 0) is 11.2 Å². The lowest BCUT2D eigenvalue weighted by Gasteiger charge is -2.25. The Kier molecular flexibility index (Phi) is 6.54. The minimum Gasteiger partial charge on any atom is -0.342 e. The normalized spacial score (nSPS) is 20.5. The molecule has 1 aromatic carbocycles. The highest BCUT2D eigenvalue weighted by Crippen LogP contribution is 2.30. The first-order chi connectivity index (χ1) is 10.2. The third-order valence-electron chi connectivity index (χ3n) is 4.48. The Balaban J connectivity index is 0.00000176. The van der Waals surface area contributed by atoms with Crippen molar-refractivity contribution < 1.29 is 4.79 Å². The molecule has 122 valence electrons. The van der Waals surface area contributed by atoms with Crippen LogP contribution in [0, 0.1) is 11.8 Å². The average molecular weight is 343 g/mol. The quantitative estimate of drug-likeness (QED) is 0.861. The molecule has 0 bridgehead atoms. The molecular weight excluding hydrogens is 319 g/mol. The molecule has 1 heterocycles. The number of benzene rings is 1. The second kappa shape index (κ2) is 8.19. The van der Waals surface area contributed by atoms with Gasteiger partial charge in [-0.05, 0) is 55.8 Å². The summed E-state index contributed by atoms with van der Waals surface area (Å²) in [5.41, 5.74) is 1.25. The highest BCUT2D eigenvalue weighted by molar-refractivity contribution is 6.30. The summed E-state index contributed by atoms with van der Waals surface area (Å²) in [5.74, 6) is 1.28. The predicted molar refractivity (Wildman–Crippen MR) is 92.7 cm³/mol. The van der Waals surface area contributed by atoms with Gasteiger partial charge in [0, 0.05) is 24.7 Å². The summed E-state index contributed by atoms with van der Waals surface area (Å²) >= 11 is 5.92. The van der Waals surface area contributed by atoms with E-state index in [2.05, 4.69) is 22.3 Å². The van der Waals surface area contributed by atoms with Gasteiger partial charge in [-0.1, -0.05) is 23.7 Å². The lowest BCUT2D eigenvalue weighted by molar-refractivity contribution is -0.135. The predicted octanol–water partition coefficient (Wildman–Crippen LogP) is 3.15. The van der Waals surface area contributed by atoms with Gasteiger partial charge in [0.05, 0.1) is 5.92 Å². The van der Waals surface area contributed by atoms with Gasteiger partial charge in [0.15, 0.2) is 0 Å². The smallest absolute Gasteiger partial charge is 0.227 e. The zero-order valence-electron chi connectivity index (χ0n) is 12.8. The van der Waals surface area contributed by atoms with Gasteiger partial charge in [0.2, 0.25) is 5.91 Å². The lowest BCUT2D eigenvalue weighted by atomic mass is 10.1. The SMILES string of the molecule is Cl.O=C(C1CCNC1)N(CCc1ccc(Cl)cc1)CC1CC1. The molecule has 3 rings (SSSR count). The van der Waals surface area contributed by atoms with Crippen LogP contribution in [0.2, 0.25) is 5.02 Å². The van der Waals surface area contributed by atoms with E-state index in [4.69, 9.17) is 11.6 Å². The molecule has 1 saturated heterocycles. The van der Waals surface area contributed by atoms with Crippen LogP contribution < -0.4 is 5.32 Å². The third-order valence-corrected chi connectivity index (χ3v) is 4.73. The average Bonchev–Trinajstić information content (AvgIpc) is 3.14. The fourth-order valence-corrected chi connectivity index (χ4v) is 3.07. The molecule has 0 aromatic heterocycles. The first-order valence-electron chi connectivity index (χ1n) is 7.96. The van der Waals surface area contributed by atoms with Crippen molar-refractivity contribution in [2.45, 2.75) is 25.7 Å². The molecule has 1 aliphatic carbocycles. The van der Waals surface area contributed by atoms with Crippen molar-refractivity contribution in [2.24, 2.45) is 11.8 Å². The van der Waals surface area contributed by atoms with E-state index in [9.17, 15) is 4.79 Å². The molecule has 1 amide bonds. The molecule has 3 nitrogen and oxygen atoms in total. The maximum atomic E-state index is 12.6. The summed E-state index contributed by atoms with van der Waals surface area (Å²) in [5, 5.41) is 4.06. The molecule has 1 N–H and O–H groups in total. The molecule has 1 saturated carbocycles. The number of hydrogen-bond acceptors (Lipinski definition) is 2. The zero-order valence-corrected chi connectivity index (χ0v) is 14.3. The van der Waals surface area contributed by atoms with Crippen molar-refractivity contribution in [1.82, 2.24) is 10.2 Å². The molecule has 0 spiro atoms. The molecule has 22 heavy (non-hydrogen) atoms. The van der Waals surface area contributed by atoms with Gasteiger partial charge in [-0.25, -0.2) is 0 Å². The van der Waals surface area contributed by atoms with Crippen LogP contribution in [0.15, 0.2) is 24.3 Å². The monoisotopic (exact) mass is 342 g/mol. The second-order valence-corrected chi connectivity index (χ2v) is 6.73. The summed E-state index contributed by atoms with van der Waals surface area (Å²) in [4.78, 5) is 14.8. The van der Waals surface area contributed by atoms with E-state index in [1.54, 1.807) is 0 Å². The van der Waals surface area contributed by atoms with Crippen LogP contribution in [0.4, 0.5) is 0 Å². The van der Waals surface area contributed by atoms with E-state index >= 15 is 0 Å². The van der Waals surface area contributed by atoms with E-state index in [0.29, 0.717) is 5.91 Å². The van der Waals surface area contributed by atoms with Gasteiger partial charge in [0.25, 0.3) is 0 Å². The van der Waals surface area contributed by atoms with Gasteiger partial charge < -0.3 is 10.2 Å². The Morgan fingerprint density at radius 1 is 1.23 bits per heavy atom. The minimum atomic E-state index is 0. The van der Waals surface area contributed by atoms with Crippen molar-refractivity contribution in [3.8, 4) is 0 Å². The van der Waals surface area contributed by atoms with E-state index in [1.807, 2.05) is 12.1 Å². The zero-order chi connectivity index (χ0) is 14.7. The van der Waals surface area contributed by atoms with Crippen LogP contribution in [0.5, 0.6) is 0 Å². The van der Waals surface area contributed by atoms with Crippen molar-refractivity contribution in [1.29, 1.82) is 0 Å². The Morgan fingerprint density at radius 3 is 2.55 bits per heavy atom. The van der Waals surface area contributed by atoms with Crippen LogP contribution in [0.25, 0.3) is 0 Å². The van der Waals surface area contributed by atoms with Crippen molar-refractivity contribution in [3.63, 3.8) is 0 Å². The number of nitrogens with zero attached hydrogens (tertiary/aromatic N) is 1. The van der Waals surface area contributed by atoms with Crippen LogP contribution in [0.3, 0.4) is 0 Å². The van der Waals surface area contributed by atoms with Gasteiger partial charge in [0.1, 0.15) is 0 Å². The fourth-order valence-electron chi connectivity index (χ4n) is 2.94. The minimum absolute atomic E-state index is 0. The first-order valence-corrected chi connectivity index (χ1v) is 8.34.